The molecule has 0 rings (SSSR count). The van der Waals surface area contributed by atoms with Crippen molar-refractivity contribution in [2.75, 3.05) is 0 Å². The van der Waals surface area contributed by atoms with E-state index >= 15 is 0 Å². The summed E-state index contributed by atoms with van der Waals surface area (Å²) in [6.07, 6.45) is 0. The van der Waals surface area contributed by atoms with Gasteiger partial charge in [0.1, 0.15) is 9.55 Å². The van der Waals surface area contributed by atoms with Gasteiger partial charge in [0.25, 0.3) is 6.47 Å². The summed E-state index contributed by atoms with van der Waals surface area (Å²) in [5.74, 6) is 0. The van der Waals surface area contributed by atoms with Crippen LogP contribution < -0.4 is 0 Å². The van der Waals surface area contributed by atoms with Crippen LogP contribution >= 0.6 is 11.1 Å². The first-order valence-corrected chi connectivity index (χ1v) is 3.90. The molecule has 0 saturated carbocycles. The fourth-order valence-corrected chi connectivity index (χ4v) is 0. The Morgan fingerprint density at radius 3 is 1.80 bits per heavy atom. The maximum Gasteiger partial charge on any atom is 0.290 e. The van der Waals surface area contributed by atoms with E-state index in [1.54, 1.807) is 0 Å². The van der Waals surface area contributed by atoms with Crippen molar-refractivity contribution in [1.29, 1.82) is 0 Å². The number of halogens is 1. The molecule has 0 aliphatic heterocycles. The molecule has 2 nitrogen and oxygen atoms in total. The van der Waals surface area contributed by atoms with Crippen molar-refractivity contribution in [2.45, 2.75) is 0 Å². The molecule has 0 aromatic rings. The Morgan fingerprint density at radius 2 is 1.80 bits per heavy atom. The normalized spacial score (nSPS) is 4.20. The summed E-state index contributed by atoms with van der Waals surface area (Å²) in [4.78, 5) is 8.36. The first-order chi connectivity index (χ1) is 2.41. The molecule has 4 heteroatoms. The van der Waals surface area contributed by atoms with Gasteiger partial charge < -0.3 is 5.11 Å². The highest BCUT2D eigenvalue weighted by atomic mass is 35.6. The number of hydrogen-bond acceptors (Lipinski definition) is 1. The molecule has 0 fully saturated rings. The van der Waals surface area contributed by atoms with E-state index in [2.05, 4.69) is 0 Å². The molecule has 0 aliphatic rings. The molecule has 1 N–H and O–H groups in total. The molecule has 0 aromatic heterocycles. The predicted octanol–water partition coefficient (Wildman–Crippen LogP) is -0.794. The molecule has 5 heavy (non-hydrogen) atoms. The fourth-order valence-electron chi connectivity index (χ4n) is 0. The van der Waals surface area contributed by atoms with Crippen molar-refractivity contribution in [2.24, 2.45) is 0 Å². The molecular weight excluding hydrogens is 108 g/mol. The van der Waals surface area contributed by atoms with E-state index < -0.39 is 0 Å². The number of hydrogen-bond donors (Lipinski definition) is 1. The van der Waals surface area contributed by atoms with Crippen LogP contribution in [-0.4, -0.2) is 21.1 Å². The second-order valence-electron chi connectivity index (χ2n) is 0.105. The summed E-state index contributed by atoms with van der Waals surface area (Å²) >= 11 is 4.78. The van der Waals surface area contributed by atoms with Gasteiger partial charge in [-0.25, -0.2) is 0 Å². The number of carbonyl (C=O) groups is 1. The molecule has 0 spiro atoms. The smallest absolute Gasteiger partial charge is 0.290 e. The lowest BCUT2D eigenvalue weighted by Crippen LogP contribution is -1.49. The van der Waals surface area contributed by atoms with Gasteiger partial charge in [0.05, 0.1) is 0 Å². The van der Waals surface area contributed by atoms with Crippen molar-refractivity contribution >= 4 is 27.1 Å². The lowest BCUT2D eigenvalue weighted by molar-refractivity contribution is -0.122. The molecule has 0 atom stereocenters. The molecule has 0 aromatic carbocycles. The second kappa shape index (κ2) is 36.9. The third-order valence-electron chi connectivity index (χ3n) is 0. The average molecular weight is 113 g/mol. The van der Waals surface area contributed by atoms with Crippen molar-refractivity contribution in [3.8, 4) is 0 Å². The monoisotopic (exact) mass is 112 g/mol. The molecular formula is CH5ClO2Si. The van der Waals surface area contributed by atoms with E-state index in [-0.39, 0.29) is 6.47 Å². The van der Waals surface area contributed by atoms with E-state index in [4.69, 9.17) is 21.0 Å². The van der Waals surface area contributed by atoms with E-state index in [0.29, 0.717) is 0 Å². The molecule has 0 aliphatic carbocycles. The SMILES string of the molecule is O=CO.[SiH3]Cl. The highest BCUT2D eigenvalue weighted by Crippen LogP contribution is 1.29. The maximum absolute atomic E-state index is 8.36. The lowest BCUT2D eigenvalue weighted by Gasteiger charge is -1.34. The summed E-state index contributed by atoms with van der Waals surface area (Å²) in [6, 6.07) is 0. The van der Waals surface area contributed by atoms with Gasteiger partial charge in [-0.05, 0) is 0 Å². The Bertz CT molecular complexity index is 17.1. The Morgan fingerprint density at radius 1 is 1.80 bits per heavy atom. The van der Waals surface area contributed by atoms with Gasteiger partial charge in [-0.3, -0.25) is 4.79 Å². The third-order valence-corrected chi connectivity index (χ3v) is 0. The summed E-state index contributed by atoms with van der Waals surface area (Å²) in [5.41, 5.74) is 0. The van der Waals surface area contributed by atoms with Crippen molar-refractivity contribution < 1.29 is 9.90 Å². The van der Waals surface area contributed by atoms with Crippen molar-refractivity contribution in [1.82, 2.24) is 0 Å². The quantitative estimate of drug-likeness (QED) is 0.253. The van der Waals surface area contributed by atoms with E-state index in [9.17, 15) is 0 Å². The summed E-state index contributed by atoms with van der Waals surface area (Å²) < 4.78 is 0. The Hall–Kier alpha value is -0.0231. The summed E-state index contributed by atoms with van der Waals surface area (Å²) in [6.45, 7) is -0.250. The van der Waals surface area contributed by atoms with Crippen LogP contribution in [0.2, 0.25) is 0 Å². The van der Waals surface area contributed by atoms with Gasteiger partial charge in [0.2, 0.25) is 0 Å². The van der Waals surface area contributed by atoms with Gasteiger partial charge in [-0.1, -0.05) is 0 Å². The van der Waals surface area contributed by atoms with Crippen LogP contribution in [0, 0.1) is 0 Å². The van der Waals surface area contributed by atoms with Gasteiger partial charge >= 0.3 is 0 Å². The minimum Gasteiger partial charge on any atom is -0.483 e. The van der Waals surface area contributed by atoms with E-state index in [0.717, 1.165) is 9.55 Å². The Labute approximate surface area is 37.9 Å². The van der Waals surface area contributed by atoms with Gasteiger partial charge in [0, 0.05) is 0 Å². The first kappa shape index (κ1) is 8.88. The van der Waals surface area contributed by atoms with E-state index in [1.165, 1.54) is 0 Å². The maximum atomic E-state index is 8.36. The van der Waals surface area contributed by atoms with Crippen LogP contribution in [0.5, 0.6) is 0 Å². The zero-order valence-electron chi connectivity index (χ0n) is 2.81. The Kier molecular flexibility index (Phi) is 65.6. The lowest BCUT2D eigenvalue weighted by atomic mass is 11.7. The largest absolute Gasteiger partial charge is 0.483 e. The van der Waals surface area contributed by atoms with Gasteiger partial charge in [-0.2, -0.15) is 11.1 Å². The highest BCUT2D eigenvalue weighted by Gasteiger charge is 1.22. The van der Waals surface area contributed by atoms with Crippen LogP contribution in [-0.2, 0) is 4.79 Å². The zero-order valence-corrected chi connectivity index (χ0v) is 5.57. The molecule has 0 unspecified atom stereocenters. The van der Waals surface area contributed by atoms with Crippen LogP contribution in [0.15, 0.2) is 0 Å². The fraction of sp³-hybridized carbons (Fsp3) is 0. The number of rotatable bonds is 0. The first-order valence-electron chi connectivity index (χ1n) is 0.872. The van der Waals surface area contributed by atoms with Crippen LogP contribution in [0.4, 0.5) is 0 Å². The third kappa shape index (κ3) is 29100. The van der Waals surface area contributed by atoms with E-state index in [1.807, 2.05) is 0 Å². The molecule has 0 bridgehead atoms. The molecule has 32 valence electrons. The van der Waals surface area contributed by atoms with Crippen LogP contribution in [0.3, 0.4) is 0 Å². The summed E-state index contributed by atoms with van der Waals surface area (Å²) in [7, 11) is 0.778. The molecule has 0 amide bonds. The molecule has 0 saturated heterocycles. The number of carboxylic acid groups (broad SMARTS) is 1. The van der Waals surface area contributed by atoms with Crippen molar-refractivity contribution in [3.05, 3.63) is 0 Å². The second-order valence-corrected chi connectivity index (χ2v) is 0.105. The van der Waals surface area contributed by atoms with Gasteiger partial charge in [0.15, 0.2) is 0 Å². The minimum atomic E-state index is -0.250. The minimum absolute atomic E-state index is 0.250. The molecule has 0 radical (unpaired) electrons. The zero-order chi connectivity index (χ0) is 4.71. The standard InChI is InChI=1S/CH2O2.ClH3Si/c2-1-3;1-2/h1H,(H,2,3);2H3. The summed E-state index contributed by atoms with van der Waals surface area (Å²) in [5, 5.41) is 6.89. The van der Waals surface area contributed by atoms with Crippen LogP contribution in [0.25, 0.3) is 0 Å². The van der Waals surface area contributed by atoms with Gasteiger partial charge in [-0.15, -0.1) is 0 Å². The highest BCUT2D eigenvalue weighted by molar-refractivity contribution is 6.80. The van der Waals surface area contributed by atoms with Crippen molar-refractivity contribution in [3.63, 3.8) is 0 Å². The Balaban J connectivity index is 0. The topological polar surface area (TPSA) is 37.3 Å². The average Bonchev–Trinajstić information content (AvgIpc) is 1.46. The molecule has 0 heterocycles. The van der Waals surface area contributed by atoms with Crippen LogP contribution in [0.1, 0.15) is 0 Å². The predicted molar refractivity (Wildman–Crippen MR) is 24.5 cm³/mol.